The van der Waals surface area contributed by atoms with E-state index in [4.69, 9.17) is 9.47 Å². The number of hydrogen-bond donors (Lipinski definition) is 1. The molecule has 2 heterocycles. The summed E-state index contributed by atoms with van der Waals surface area (Å²) >= 11 is 1.66. The highest BCUT2D eigenvalue weighted by Gasteiger charge is 2.28. The van der Waals surface area contributed by atoms with E-state index in [1.165, 1.54) is 10.4 Å². The monoisotopic (exact) mass is 360 g/mol. The SMILES string of the molecule is COc1ccc(C2CCCN2CC(=O)NCc2cccs2)cc1OC. The van der Waals surface area contributed by atoms with Gasteiger partial charge in [0.1, 0.15) is 0 Å². The molecular weight excluding hydrogens is 336 g/mol. The molecule has 25 heavy (non-hydrogen) atoms. The minimum absolute atomic E-state index is 0.0702. The first kappa shape index (κ1) is 17.8. The maximum atomic E-state index is 12.3. The van der Waals surface area contributed by atoms with E-state index in [0.29, 0.717) is 13.1 Å². The van der Waals surface area contributed by atoms with Crippen molar-refractivity contribution in [1.29, 1.82) is 0 Å². The lowest BCUT2D eigenvalue weighted by Gasteiger charge is -2.25. The van der Waals surface area contributed by atoms with Crippen LogP contribution in [0.4, 0.5) is 0 Å². The van der Waals surface area contributed by atoms with Crippen molar-refractivity contribution in [3.8, 4) is 11.5 Å². The number of hydrogen-bond acceptors (Lipinski definition) is 5. The summed E-state index contributed by atoms with van der Waals surface area (Å²) in [6, 6.07) is 10.3. The average molecular weight is 360 g/mol. The van der Waals surface area contributed by atoms with Crippen LogP contribution in [0.3, 0.4) is 0 Å². The van der Waals surface area contributed by atoms with E-state index < -0.39 is 0 Å². The van der Waals surface area contributed by atoms with E-state index in [9.17, 15) is 4.79 Å². The Balaban J connectivity index is 1.63. The topological polar surface area (TPSA) is 50.8 Å². The van der Waals surface area contributed by atoms with Crippen LogP contribution < -0.4 is 14.8 Å². The van der Waals surface area contributed by atoms with Gasteiger partial charge in [-0.2, -0.15) is 0 Å². The van der Waals surface area contributed by atoms with Gasteiger partial charge in [-0.25, -0.2) is 0 Å². The van der Waals surface area contributed by atoms with Crippen LogP contribution in [0.1, 0.15) is 29.3 Å². The largest absolute Gasteiger partial charge is 0.493 e. The second-order valence-corrected chi connectivity index (χ2v) is 7.13. The molecule has 1 amide bonds. The van der Waals surface area contributed by atoms with Crippen molar-refractivity contribution in [2.45, 2.75) is 25.4 Å². The van der Waals surface area contributed by atoms with Crippen molar-refractivity contribution in [2.75, 3.05) is 27.3 Å². The highest BCUT2D eigenvalue weighted by molar-refractivity contribution is 7.09. The van der Waals surface area contributed by atoms with Crippen LogP contribution in [0, 0.1) is 0 Å². The van der Waals surface area contributed by atoms with Crippen LogP contribution in [-0.2, 0) is 11.3 Å². The average Bonchev–Trinajstić information content (AvgIpc) is 3.31. The standard InChI is InChI=1S/C19H24N2O3S/c1-23-17-8-7-14(11-18(17)24-2)16-6-3-9-21(16)13-19(22)20-12-15-5-4-10-25-15/h4-5,7-8,10-11,16H,3,6,9,12-13H2,1-2H3,(H,20,22). The van der Waals surface area contributed by atoms with Crippen molar-refractivity contribution in [3.63, 3.8) is 0 Å². The number of rotatable bonds is 7. The van der Waals surface area contributed by atoms with Gasteiger partial charge in [0.05, 0.1) is 27.3 Å². The number of amides is 1. The lowest BCUT2D eigenvalue weighted by Crippen LogP contribution is -2.36. The molecular formula is C19H24N2O3S. The van der Waals surface area contributed by atoms with Crippen LogP contribution in [0.25, 0.3) is 0 Å². The van der Waals surface area contributed by atoms with Crippen molar-refractivity contribution < 1.29 is 14.3 Å². The fourth-order valence-corrected chi connectivity index (χ4v) is 3.94. The van der Waals surface area contributed by atoms with Gasteiger partial charge < -0.3 is 14.8 Å². The third kappa shape index (κ3) is 4.32. The molecule has 1 aliphatic rings. The van der Waals surface area contributed by atoms with Gasteiger partial charge in [-0.05, 0) is 48.5 Å². The molecule has 1 fully saturated rings. The zero-order valence-corrected chi connectivity index (χ0v) is 15.5. The van der Waals surface area contributed by atoms with Crippen LogP contribution in [0.5, 0.6) is 11.5 Å². The Morgan fingerprint density at radius 3 is 2.84 bits per heavy atom. The number of carbonyl (C=O) groups excluding carboxylic acids is 1. The fourth-order valence-electron chi connectivity index (χ4n) is 3.29. The summed E-state index contributed by atoms with van der Waals surface area (Å²) in [5.41, 5.74) is 1.17. The molecule has 5 nitrogen and oxygen atoms in total. The van der Waals surface area contributed by atoms with Gasteiger partial charge in [0.15, 0.2) is 11.5 Å². The van der Waals surface area contributed by atoms with Crippen LogP contribution in [0.15, 0.2) is 35.7 Å². The molecule has 134 valence electrons. The molecule has 1 saturated heterocycles. The van der Waals surface area contributed by atoms with Gasteiger partial charge in [0, 0.05) is 10.9 Å². The summed E-state index contributed by atoms with van der Waals surface area (Å²) in [6.45, 7) is 1.96. The zero-order valence-electron chi connectivity index (χ0n) is 14.7. The molecule has 0 spiro atoms. The van der Waals surface area contributed by atoms with E-state index in [1.807, 2.05) is 29.6 Å². The minimum atomic E-state index is 0.0702. The van der Waals surface area contributed by atoms with Crippen molar-refractivity contribution >= 4 is 17.2 Å². The minimum Gasteiger partial charge on any atom is -0.493 e. The summed E-state index contributed by atoms with van der Waals surface area (Å²) in [6.07, 6.45) is 2.14. The summed E-state index contributed by atoms with van der Waals surface area (Å²) in [4.78, 5) is 15.7. The molecule has 1 atom stereocenters. The third-order valence-corrected chi connectivity index (χ3v) is 5.42. The molecule has 0 bridgehead atoms. The number of nitrogens with one attached hydrogen (secondary N) is 1. The van der Waals surface area contributed by atoms with Gasteiger partial charge in [0.2, 0.25) is 5.91 Å². The highest BCUT2D eigenvalue weighted by atomic mass is 32.1. The van der Waals surface area contributed by atoms with E-state index in [1.54, 1.807) is 25.6 Å². The normalized spacial score (nSPS) is 17.4. The molecule has 0 aliphatic carbocycles. The smallest absolute Gasteiger partial charge is 0.234 e. The molecule has 2 aromatic rings. The first-order chi connectivity index (χ1) is 12.2. The fraction of sp³-hybridized carbons (Fsp3) is 0.421. The number of benzene rings is 1. The lowest BCUT2D eigenvalue weighted by atomic mass is 10.0. The molecule has 1 unspecified atom stereocenters. The Labute approximate surface area is 152 Å². The molecule has 1 aliphatic heterocycles. The Kier molecular flexibility index (Phi) is 5.94. The zero-order chi connectivity index (χ0) is 17.6. The number of likely N-dealkylation sites (tertiary alicyclic amines) is 1. The predicted molar refractivity (Wildman–Crippen MR) is 99.3 cm³/mol. The first-order valence-corrected chi connectivity index (χ1v) is 9.34. The second-order valence-electron chi connectivity index (χ2n) is 6.10. The van der Waals surface area contributed by atoms with Crippen molar-refractivity contribution in [2.24, 2.45) is 0 Å². The number of nitrogens with zero attached hydrogens (tertiary/aromatic N) is 1. The van der Waals surface area contributed by atoms with Gasteiger partial charge in [-0.3, -0.25) is 9.69 Å². The number of ether oxygens (including phenoxy) is 2. The highest BCUT2D eigenvalue weighted by Crippen LogP contribution is 2.36. The summed E-state index contributed by atoms with van der Waals surface area (Å²) in [7, 11) is 3.28. The molecule has 1 aromatic heterocycles. The Hall–Kier alpha value is -2.05. The maximum Gasteiger partial charge on any atom is 0.234 e. The molecule has 1 N–H and O–H groups in total. The number of carbonyl (C=O) groups is 1. The summed E-state index contributed by atoms with van der Waals surface area (Å²) in [5.74, 6) is 1.53. The lowest BCUT2D eigenvalue weighted by molar-refractivity contribution is -0.122. The van der Waals surface area contributed by atoms with Crippen molar-refractivity contribution in [1.82, 2.24) is 10.2 Å². The maximum absolute atomic E-state index is 12.3. The molecule has 0 saturated carbocycles. The van der Waals surface area contributed by atoms with Gasteiger partial charge >= 0.3 is 0 Å². The van der Waals surface area contributed by atoms with Gasteiger partial charge in [-0.1, -0.05) is 12.1 Å². The van der Waals surface area contributed by atoms with Gasteiger partial charge in [0.25, 0.3) is 0 Å². The van der Waals surface area contributed by atoms with Crippen LogP contribution in [0.2, 0.25) is 0 Å². The molecule has 0 radical (unpaired) electrons. The second kappa shape index (κ2) is 8.36. The van der Waals surface area contributed by atoms with E-state index in [-0.39, 0.29) is 11.9 Å². The number of thiophene rings is 1. The summed E-state index contributed by atoms with van der Waals surface area (Å²) in [5, 5.41) is 5.03. The van der Waals surface area contributed by atoms with E-state index >= 15 is 0 Å². The molecule has 3 rings (SSSR count). The van der Waals surface area contributed by atoms with E-state index in [2.05, 4.69) is 16.3 Å². The predicted octanol–water partition coefficient (Wildman–Crippen LogP) is 3.22. The Morgan fingerprint density at radius 1 is 1.28 bits per heavy atom. The Morgan fingerprint density at radius 2 is 2.12 bits per heavy atom. The number of methoxy groups -OCH3 is 2. The van der Waals surface area contributed by atoms with Crippen LogP contribution >= 0.6 is 11.3 Å². The van der Waals surface area contributed by atoms with Crippen LogP contribution in [-0.4, -0.2) is 38.1 Å². The van der Waals surface area contributed by atoms with Gasteiger partial charge in [-0.15, -0.1) is 11.3 Å². The summed E-state index contributed by atoms with van der Waals surface area (Å²) < 4.78 is 10.7. The third-order valence-electron chi connectivity index (χ3n) is 4.54. The molecule has 1 aromatic carbocycles. The molecule has 6 heteroatoms. The van der Waals surface area contributed by atoms with Crippen molar-refractivity contribution in [3.05, 3.63) is 46.2 Å². The Bertz CT molecular complexity index is 703. The first-order valence-electron chi connectivity index (χ1n) is 8.46. The quantitative estimate of drug-likeness (QED) is 0.824. The van der Waals surface area contributed by atoms with E-state index in [0.717, 1.165) is 30.9 Å².